The van der Waals surface area contributed by atoms with Crippen molar-refractivity contribution in [3.63, 3.8) is 0 Å². The highest BCUT2D eigenvalue weighted by atomic mass is 16.2. The minimum absolute atomic E-state index is 0.0184. The van der Waals surface area contributed by atoms with Crippen LogP contribution in [0.5, 0.6) is 0 Å². The maximum atomic E-state index is 12.6. The van der Waals surface area contributed by atoms with Crippen LogP contribution >= 0.6 is 0 Å². The predicted octanol–water partition coefficient (Wildman–Crippen LogP) is 0.756. The fourth-order valence-corrected chi connectivity index (χ4v) is 3.42. The van der Waals surface area contributed by atoms with Gasteiger partial charge in [0.1, 0.15) is 0 Å². The Morgan fingerprint density at radius 1 is 1.11 bits per heavy atom. The van der Waals surface area contributed by atoms with Gasteiger partial charge in [-0.1, -0.05) is 30.3 Å². The Balaban J connectivity index is 1.38. The molecule has 0 unspecified atom stereocenters. The Hall–Kier alpha value is -3.42. The summed E-state index contributed by atoms with van der Waals surface area (Å²) in [6.07, 6.45) is 2.39. The van der Waals surface area contributed by atoms with Crippen LogP contribution < -0.4 is 11.2 Å². The van der Waals surface area contributed by atoms with Crippen LogP contribution in [0.2, 0.25) is 0 Å². The van der Waals surface area contributed by atoms with Gasteiger partial charge in [-0.05, 0) is 11.6 Å². The quantitative estimate of drug-likeness (QED) is 0.708. The van der Waals surface area contributed by atoms with Gasteiger partial charge in [-0.15, -0.1) is 0 Å². The van der Waals surface area contributed by atoms with E-state index in [1.807, 2.05) is 22.9 Å². The molecule has 3 heterocycles. The van der Waals surface area contributed by atoms with Gasteiger partial charge in [0.05, 0.1) is 24.5 Å². The number of H-pyrrole nitrogens is 1. The molecule has 1 aliphatic heterocycles. The number of aromatic amines is 1. The topological polar surface area (TPSA) is 93.0 Å². The number of carbonyl (C=O) groups excluding carboxylic acids is 1. The lowest BCUT2D eigenvalue weighted by atomic mass is 10.1. The normalized spacial score (nSPS) is 13.4. The Morgan fingerprint density at radius 3 is 2.71 bits per heavy atom. The number of aromatic nitrogens is 4. The first-order valence-corrected chi connectivity index (χ1v) is 9.25. The maximum absolute atomic E-state index is 12.6. The number of carbonyl (C=O) groups is 1. The van der Waals surface area contributed by atoms with Crippen molar-refractivity contribution in [2.45, 2.75) is 32.5 Å². The third-order valence-corrected chi connectivity index (χ3v) is 4.89. The summed E-state index contributed by atoms with van der Waals surface area (Å²) < 4.78 is 3.31. The SMILES string of the molecule is O=C(CCn1ccc(=O)[nH]c1=O)N1CCn2nc(Cc3ccccc3)cc2C1. The highest BCUT2D eigenvalue weighted by Crippen LogP contribution is 2.17. The van der Waals surface area contributed by atoms with Crippen molar-refractivity contribution in [3.8, 4) is 0 Å². The number of benzene rings is 1. The highest BCUT2D eigenvalue weighted by molar-refractivity contribution is 5.76. The summed E-state index contributed by atoms with van der Waals surface area (Å²) in [5.41, 5.74) is 2.28. The fraction of sp³-hybridized carbons (Fsp3) is 0.300. The average Bonchev–Trinajstić information content (AvgIpc) is 3.09. The van der Waals surface area contributed by atoms with Crippen LogP contribution in [-0.2, 0) is 30.8 Å². The van der Waals surface area contributed by atoms with Gasteiger partial charge in [0, 0.05) is 38.2 Å². The van der Waals surface area contributed by atoms with Gasteiger partial charge in [-0.25, -0.2) is 4.79 Å². The summed E-state index contributed by atoms with van der Waals surface area (Å²) in [5, 5.41) is 4.65. The number of rotatable bonds is 5. The van der Waals surface area contributed by atoms with E-state index in [0.29, 0.717) is 19.6 Å². The third kappa shape index (κ3) is 3.95. The molecule has 144 valence electrons. The minimum atomic E-state index is -0.498. The lowest BCUT2D eigenvalue weighted by molar-refractivity contribution is -0.133. The Labute approximate surface area is 161 Å². The second kappa shape index (κ2) is 7.67. The molecule has 8 heteroatoms. The largest absolute Gasteiger partial charge is 0.335 e. The molecule has 1 N–H and O–H groups in total. The van der Waals surface area contributed by atoms with E-state index in [9.17, 15) is 14.4 Å². The van der Waals surface area contributed by atoms with Crippen molar-refractivity contribution in [1.82, 2.24) is 24.2 Å². The molecule has 1 aromatic carbocycles. The number of fused-ring (bicyclic) bond motifs is 1. The molecule has 0 saturated carbocycles. The number of aryl methyl sites for hydroxylation is 1. The molecule has 1 amide bonds. The van der Waals surface area contributed by atoms with Gasteiger partial charge in [0.2, 0.25) is 5.91 Å². The van der Waals surface area contributed by atoms with Gasteiger partial charge < -0.3 is 9.47 Å². The summed E-state index contributed by atoms with van der Waals surface area (Å²) >= 11 is 0. The van der Waals surface area contributed by atoms with Gasteiger partial charge in [0.15, 0.2) is 0 Å². The number of amides is 1. The molecule has 0 radical (unpaired) electrons. The van der Waals surface area contributed by atoms with Gasteiger partial charge in [0.25, 0.3) is 5.56 Å². The smallest absolute Gasteiger partial charge is 0.328 e. The van der Waals surface area contributed by atoms with Crippen LogP contribution in [0.1, 0.15) is 23.4 Å². The maximum Gasteiger partial charge on any atom is 0.328 e. The molecule has 4 rings (SSSR count). The first-order valence-electron chi connectivity index (χ1n) is 9.25. The van der Waals surface area contributed by atoms with Crippen LogP contribution in [-0.4, -0.2) is 36.7 Å². The zero-order valence-corrected chi connectivity index (χ0v) is 15.4. The summed E-state index contributed by atoms with van der Waals surface area (Å²) in [4.78, 5) is 39.4. The minimum Gasteiger partial charge on any atom is -0.335 e. The second-order valence-electron chi connectivity index (χ2n) is 6.88. The first-order chi connectivity index (χ1) is 13.6. The van der Waals surface area contributed by atoms with E-state index in [-0.39, 0.29) is 18.9 Å². The average molecular weight is 379 g/mol. The van der Waals surface area contributed by atoms with Gasteiger partial charge in [-0.3, -0.25) is 19.3 Å². The molecule has 0 fully saturated rings. The number of hydrogen-bond acceptors (Lipinski definition) is 4. The van der Waals surface area contributed by atoms with Crippen LogP contribution in [0.3, 0.4) is 0 Å². The molecular formula is C20H21N5O3. The molecule has 0 saturated heterocycles. The lowest BCUT2D eigenvalue weighted by Crippen LogP contribution is -2.39. The van der Waals surface area contributed by atoms with E-state index in [2.05, 4.69) is 28.3 Å². The summed E-state index contributed by atoms with van der Waals surface area (Å²) in [5.74, 6) is -0.0184. The molecule has 28 heavy (non-hydrogen) atoms. The third-order valence-electron chi connectivity index (χ3n) is 4.89. The standard InChI is InChI=1S/C20H21N5O3/c26-18-6-8-23(20(28)21-18)9-7-19(27)24-10-11-25-17(14-24)13-16(22-25)12-15-4-2-1-3-5-15/h1-6,8,13H,7,9-12,14H2,(H,21,26,28). The van der Waals surface area contributed by atoms with E-state index < -0.39 is 11.2 Å². The molecule has 0 atom stereocenters. The second-order valence-corrected chi connectivity index (χ2v) is 6.88. The van der Waals surface area contributed by atoms with Gasteiger partial charge in [-0.2, -0.15) is 5.10 Å². The predicted molar refractivity (Wildman–Crippen MR) is 103 cm³/mol. The van der Waals surface area contributed by atoms with Crippen molar-refractivity contribution in [1.29, 1.82) is 0 Å². The number of nitrogens with one attached hydrogen (secondary N) is 1. The number of nitrogens with zero attached hydrogens (tertiary/aromatic N) is 4. The van der Waals surface area contributed by atoms with Crippen LogP contribution in [0, 0.1) is 0 Å². The monoisotopic (exact) mass is 379 g/mol. The van der Waals surface area contributed by atoms with Gasteiger partial charge >= 0.3 is 5.69 Å². The molecule has 0 spiro atoms. The molecule has 8 nitrogen and oxygen atoms in total. The van der Waals surface area contributed by atoms with Crippen molar-refractivity contribution >= 4 is 5.91 Å². The summed E-state index contributed by atoms with van der Waals surface area (Å²) in [6.45, 7) is 2.01. The van der Waals surface area contributed by atoms with Crippen LogP contribution in [0.4, 0.5) is 0 Å². The summed E-state index contributed by atoms with van der Waals surface area (Å²) in [6, 6.07) is 13.5. The molecule has 2 aromatic heterocycles. The number of hydrogen-bond donors (Lipinski definition) is 1. The molecule has 1 aliphatic rings. The van der Waals surface area contributed by atoms with E-state index >= 15 is 0 Å². The Kier molecular flexibility index (Phi) is 4.92. The van der Waals surface area contributed by atoms with E-state index in [0.717, 1.165) is 17.8 Å². The Bertz CT molecular complexity index is 1100. The van der Waals surface area contributed by atoms with Crippen molar-refractivity contribution in [2.75, 3.05) is 6.54 Å². The Morgan fingerprint density at radius 2 is 1.93 bits per heavy atom. The van der Waals surface area contributed by atoms with Crippen molar-refractivity contribution in [3.05, 3.63) is 86.5 Å². The van der Waals surface area contributed by atoms with E-state index in [1.54, 1.807) is 4.90 Å². The molecule has 0 bridgehead atoms. The fourth-order valence-electron chi connectivity index (χ4n) is 3.42. The zero-order chi connectivity index (χ0) is 19.5. The molecule has 3 aromatic rings. The zero-order valence-electron chi connectivity index (χ0n) is 15.4. The summed E-state index contributed by atoms with van der Waals surface area (Å²) in [7, 11) is 0. The molecule has 0 aliphatic carbocycles. The first kappa shape index (κ1) is 18.0. The van der Waals surface area contributed by atoms with E-state index in [4.69, 9.17) is 0 Å². The van der Waals surface area contributed by atoms with Crippen molar-refractivity contribution in [2.24, 2.45) is 0 Å². The highest BCUT2D eigenvalue weighted by Gasteiger charge is 2.22. The van der Waals surface area contributed by atoms with Crippen molar-refractivity contribution < 1.29 is 4.79 Å². The molecular weight excluding hydrogens is 358 g/mol. The van der Waals surface area contributed by atoms with E-state index in [1.165, 1.54) is 22.4 Å². The lowest BCUT2D eigenvalue weighted by Gasteiger charge is -2.27. The van der Waals surface area contributed by atoms with Crippen LogP contribution in [0.15, 0.2) is 58.3 Å². The van der Waals surface area contributed by atoms with Crippen LogP contribution in [0.25, 0.3) is 0 Å².